The molecule has 1 atom stereocenters. The van der Waals surface area contributed by atoms with Crippen LogP contribution in [0.25, 0.3) is 0 Å². The van der Waals surface area contributed by atoms with Gasteiger partial charge in [0.1, 0.15) is 0 Å². The Morgan fingerprint density at radius 2 is 1.18 bits per heavy atom. The molecule has 0 radical (unpaired) electrons. The van der Waals surface area contributed by atoms with Crippen LogP contribution in [0, 0.1) is 5.92 Å². The number of hydrogen-bond donors (Lipinski definition) is 0. The summed E-state index contributed by atoms with van der Waals surface area (Å²) in [6, 6.07) is 0. The summed E-state index contributed by atoms with van der Waals surface area (Å²) in [6.07, 6.45) is 16.2. The molecule has 0 aromatic rings. The van der Waals surface area contributed by atoms with Gasteiger partial charge in [-0.25, -0.2) is 0 Å². The standard InChI is InChI=1S/C16H33.Na/c1-4-5-6-7-8-9-10-11-12-13-14-15-16(2)3;/h10,16H,4-9,11-15H2,1-3H3;. The molecule has 0 fully saturated rings. The van der Waals surface area contributed by atoms with Gasteiger partial charge in [0.25, 0.3) is 0 Å². The SMILES string of the molecule is CCCCCCC[CH]([Na])CCCCCC(C)C. The van der Waals surface area contributed by atoms with Gasteiger partial charge in [0.15, 0.2) is 0 Å². The van der Waals surface area contributed by atoms with Crippen LogP contribution in [-0.2, 0) is 0 Å². The van der Waals surface area contributed by atoms with E-state index in [0.29, 0.717) is 0 Å². The van der Waals surface area contributed by atoms with Crippen LogP contribution < -0.4 is 0 Å². The van der Waals surface area contributed by atoms with Crippen molar-refractivity contribution in [3.05, 3.63) is 0 Å². The van der Waals surface area contributed by atoms with E-state index in [-0.39, 0.29) is 0 Å². The van der Waals surface area contributed by atoms with Crippen molar-refractivity contribution in [2.24, 2.45) is 5.92 Å². The average Bonchev–Trinajstić information content (AvgIpc) is 2.28. The summed E-state index contributed by atoms with van der Waals surface area (Å²) in [6.45, 7) is 6.98. The van der Waals surface area contributed by atoms with E-state index in [1.807, 2.05) is 0 Å². The molecule has 0 saturated carbocycles. The molecule has 17 heavy (non-hydrogen) atoms. The molecule has 0 aromatic carbocycles. The molecule has 0 nitrogen and oxygen atoms in total. The van der Waals surface area contributed by atoms with E-state index >= 15 is 0 Å². The molecule has 0 aromatic heterocycles. The second kappa shape index (κ2) is 13.4. The van der Waals surface area contributed by atoms with Crippen molar-refractivity contribution in [1.29, 1.82) is 0 Å². The third kappa shape index (κ3) is 14.9. The topological polar surface area (TPSA) is 0 Å². The second-order valence-electron chi connectivity index (χ2n) is 6.34. The van der Waals surface area contributed by atoms with Gasteiger partial charge in [-0.15, -0.1) is 0 Å². The summed E-state index contributed by atoms with van der Waals surface area (Å²) in [4.78, 5) is 0. The fourth-order valence-electron chi connectivity index (χ4n) is 2.46. The first-order chi connectivity index (χ1) is 8.16. The van der Waals surface area contributed by atoms with Crippen LogP contribution in [0.3, 0.4) is 0 Å². The van der Waals surface area contributed by atoms with Gasteiger partial charge in [-0.05, 0) is 0 Å². The van der Waals surface area contributed by atoms with E-state index in [4.69, 9.17) is 0 Å². The van der Waals surface area contributed by atoms with Gasteiger partial charge in [-0.3, -0.25) is 0 Å². The van der Waals surface area contributed by atoms with Crippen molar-refractivity contribution < 1.29 is 0 Å². The Bertz CT molecular complexity index is 142. The van der Waals surface area contributed by atoms with Crippen molar-refractivity contribution in [3.63, 3.8) is 0 Å². The fraction of sp³-hybridized carbons (Fsp3) is 1.00. The Kier molecular flexibility index (Phi) is 14.2. The van der Waals surface area contributed by atoms with Crippen molar-refractivity contribution in [2.75, 3.05) is 0 Å². The Hall–Kier alpha value is 1.00. The van der Waals surface area contributed by atoms with Gasteiger partial charge in [-0.2, -0.15) is 0 Å². The molecule has 0 N–H and O–H groups in total. The summed E-state index contributed by atoms with van der Waals surface area (Å²) in [5.41, 5.74) is 0. The van der Waals surface area contributed by atoms with Crippen LogP contribution in [0.1, 0.15) is 91.4 Å². The van der Waals surface area contributed by atoms with Gasteiger partial charge >= 0.3 is 128 Å². The first-order valence-electron chi connectivity index (χ1n) is 8.16. The maximum atomic E-state index is 2.34. The third-order valence-corrected chi connectivity index (χ3v) is 4.93. The van der Waals surface area contributed by atoms with Gasteiger partial charge in [0.05, 0.1) is 0 Å². The molecule has 0 aliphatic rings. The van der Waals surface area contributed by atoms with Gasteiger partial charge in [0.2, 0.25) is 0 Å². The zero-order valence-electron chi connectivity index (χ0n) is 12.9. The molecule has 0 heterocycles. The first-order valence-corrected chi connectivity index (χ1v) is 9.32. The Labute approximate surface area is 128 Å². The van der Waals surface area contributed by atoms with E-state index in [0.717, 1.165) is 9.09 Å². The van der Waals surface area contributed by atoms with Crippen LogP contribution in [-0.4, -0.2) is 27.9 Å². The van der Waals surface area contributed by atoms with Crippen molar-refractivity contribution in [2.45, 2.75) is 94.6 Å². The van der Waals surface area contributed by atoms with Crippen LogP contribution in [0.15, 0.2) is 0 Å². The van der Waals surface area contributed by atoms with E-state index in [1.54, 1.807) is 0 Å². The monoisotopic (exact) mass is 248 g/mol. The summed E-state index contributed by atoms with van der Waals surface area (Å²) in [5, 5.41) is 0. The van der Waals surface area contributed by atoms with Crippen LogP contribution >= 0.6 is 0 Å². The predicted octanol–water partition coefficient (Wildman–Crippen LogP) is 5.91. The number of unbranched alkanes of at least 4 members (excludes halogenated alkanes) is 6. The summed E-state index contributed by atoms with van der Waals surface area (Å²) >= 11 is 1.42. The predicted molar refractivity (Wildman–Crippen MR) is 80.8 cm³/mol. The van der Waals surface area contributed by atoms with E-state index < -0.39 is 0 Å². The molecule has 98 valence electrons. The molecule has 1 unspecified atom stereocenters. The minimum atomic E-state index is 0.903. The normalized spacial score (nSPS) is 13.3. The van der Waals surface area contributed by atoms with E-state index in [2.05, 4.69) is 20.8 Å². The van der Waals surface area contributed by atoms with E-state index in [9.17, 15) is 0 Å². The molecule has 0 saturated heterocycles. The molecule has 0 bridgehead atoms. The molecule has 1 heteroatoms. The Balaban J connectivity index is 3.14. The van der Waals surface area contributed by atoms with Gasteiger partial charge in [-0.1, -0.05) is 0 Å². The van der Waals surface area contributed by atoms with Gasteiger partial charge in [0, 0.05) is 0 Å². The zero-order valence-corrected chi connectivity index (χ0v) is 14.9. The molecule has 0 aliphatic heterocycles. The summed E-state index contributed by atoms with van der Waals surface area (Å²) in [7, 11) is 0. The van der Waals surface area contributed by atoms with Crippen LogP contribution in [0.2, 0.25) is 3.17 Å². The van der Waals surface area contributed by atoms with Crippen molar-refractivity contribution >= 4 is 27.9 Å². The second-order valence-corrected chi connectivity index (χ2v) is 7.97. The molecule has 0 spiro atoms. The van der Waals surface area contributed by atoms with Crippen molar-refractivity contribution in [3.8, 4) is 0 Å². The minimum absolute atomic E-state index is 0.903. The molecule has 0 amide bonds. The van der Waals surface area contributed by atoms with Crippen LogP contribution in [0.5, 0.6) is 0 Å². The van der Waals surface area contributed by atoms with Crippen LogP contribution in [0.4, 0.5) is 0 Å². The van der Waals surface area contributed by atoms with E-state index in [1.165, 1.54) is 98.6 Å². The molecule has 0 rings (SSSR count). The quantitative estimate of drug-likeness (QED) is 0.297. The molecule has 0 aliphatic carbocycles. The third-order valence-electron chi connectivity index (χ3n) is 3.78. The Morgan fingerprint density at radius 1 is 0.706 bits per heavy atom. The number of hydrogen-bond acceptors (Lipinski definition) is 0. The average molecular weight is 248 g/mol. The molecular weight excluding hydrogens is 215 g/mol. The van der Waals surface area contributed by atoms with Crippen molar-refractivity contribution in [1.82, 2.24) is 0 Å². The number of rotatable bonds is 12. The fourth-order valence-corrected chi connectivity index (χ4v) is 3.28. The Morgan fingerprint density at radius 3 is 1.71 bits per heavy atom. The summed E-state index contributed by atoms with van der Waals surface area (Å²) < 4.78 is 1.11. The van der Waals surface area contributed by atoms with Gasteiger partial charge < -0.3 is 0 Å². The maximum absolute atomic E-state index is 2.34. The summed E-state index contributed by atoms with van der Waals surface area (Å²) in [5.74, 6) is 0.903. The first kappa shape index (κ1) is 18.0. The molecular formula is C16H33Na. The zero-order chi connectivity index (χ0) is 12.9.